The summed E-state index contributed by atoms with van der Waals surface area (Å²) >= 11 is 0. The molecule has 0 saturated carbocycles. The van der Waals surface area contributed by atoms with E-state index in [0.717, 1.165) is 28.8 Å². The highest BCUT2D eigenvalue weighted by Crippen LogP contribution is 2.32. The Labute approximate surface area is 198 Å². The third-order valence-corrected chi connectivity index (χ3v) is 5.97. The Bertz CT molecular complexity index is 1550. The van der Waals surface area contributed by atoms with Gasteiger partial charge in [-0.15, -0.1) is 0 Å². The number of nitrogens with one attached hydrogen (secondary N) is 1. The molecule has 1 amide bonds. The highest BCUT2D eigenvalue weighted by atomic mass is 19.4. The molecule has 1 aliphatic rings. The Balaban J connectivity index is 1.47. The summed E-state index contributed by atoms with van der Waals surface area (Å²) in [5.41, 5.74) is 2.52. The fraction of sp³-hybridized carbons (Fsp3) is 0.148. The average molecular weight is 475 g/mol. The van der Waals surface area contributed by atoms with Gasteiger partial charge in [0, 0.05) is 17.8 Å². The number of alkyl halides is 3. The highest BCUT2D eigenvalue weighted by molar-refractivity contribution is 6.04. The van der Waals surface area contributed by atoms with Crippen molar-refractivity contribution in [1.29, 1.82) is 0 Å². The molecule has 1 aliphatic heterocycles. The molecule has 0 bridgehead atoms. The molecule has 0 fully saturated rings. The summed E-state index contributed by atoms with van der Waals surface area (Å²) < 4.78 is 41.0. The zero-order valence-corrected chi connectivity index (χ0v) is 18.7. The molecule has 35 heavy (non-hydrogen) atoms. The molecule has 0 unspecified atom stereocenters. The van der Waals surface area contributed by atoms with Crippen molar-refractivity contribution in [3.05, 3.63) is 105 Å². The average Bonchev–Trinajstić information content (AvgIpc) is 3.21. The van der Waals surface area contributed by atoms with Crippen LogP contribution in [0.5, 0.6) is 0 Å². The Morgan fingerprint density at radius 1 is 1.06 bits per heavy atom. The summed E-state index contributed by atoms with van der Waals surface area (Å²) in [5.74, 6) is 0.122. The van der Waals surface area contributed by atoms with E-state index in [1.54, 1.807) is 30.3 Å². The van der Waals surface area contributed by atoms with Crippen LogP contribution >= 0.6 is 0 Å². The maximum atomic E-state index is 13.2. The normalized spacial score (nSPS) is 14.3. The van der Waals surface area contributed by atoms with Gasteiger partial charge in [-0.05, 0) is 73.0 Å². The molecule has 3 aromatic carbocycles. The minimum Gasteiger partial charge on any atom is -0.322 e. The van der Waals surface area contributed by atoms with E-state index in [4.69, 9.17) is 0 Å². The van der Waals surface area contributed by atoms with E-state index in [1.165, 1.54) is 10.6 Å². The first-order valence-electron chi connectivity index (χ1n) is 11.0. The Morgan fingerprint density at radius 3 is 2.57 bits per heavy atom. The molecule has 5 rings (SSSR count). The summed E-state index contributed by atoms with van der Waals surface area (Å²) in [7, 11) is 0. The summed E-state index contributed by atoms with van der Waals surface area (Å²) in [5, 5.41) is 3.03. The smallest absolute Gasteiger partial charge is 0.322 e. The van der Waals surface area contributed by atoms with Crippen LogP contribution in [0.4, 0.5) is 18.9 Å². The van der Waals surface area contributed by atoms with Crippen molar-refractivity contribution in [1.82, 2.24) is 9.55 Å². The number of fused-ring (bicyclic) bond motifs is 2. The first-order valence-corrected chi connectivity index (χ1v) is 11.0. The number of hydrogen-bond acceptors (Lipinski definition) is 3. The zero-order chi connectivity index (χ0) is 24.7. The van der Waals surface area contributed by atoms with Crippen LogP contribution in [0.2, 0.25) is 0 Å². The van der Waals surface area contributed by atoms with E-state index >= 15 is 0 Å². The van der Waals surface area contributed by atoms with Gasteiger partial charge >= 0.3 is 6.18 Å². The molecule has 0 saturated heterocycles. The molecule has 176 valence electrons. The molecule has 1 aromatic heterocycles. The lowest BCUT2D eigenvalue weighted by atomic mass is 10.1. The number of amides is 1. The maximum absolute atomic E-state index is 13.2. The molecule has 1 N–H and O–H groups in total. The largest absolute Gasteiger partial charge is 0.416 e. The second-order valence-electron chi connectivity index (χ2n) is 8.49. The Kier molecular flexibility index (Phi) is 5.51. The van der Waals surface area contributed by atoms with E-state index in [-0.39, 0.29) is 22.4 Å². The highest BCUT2D eigenvalue weighted by Gasteiger charge is 2.31. The Hall–Kier alpha value is -4.20. The van der Waals surface area contributed by atoms with E-state index in [0.29, 0.717) is 30.0 Å². The van der Waals surface area contributed by atoms with E-state index in [1.807, 2.05) is 31.2 Å². The van der Waals surface area contributed by atoms with Gasteiger partial charge in [-0.3, -0.25) is 14.2 Å². The second-order valence-corrected chi connectivity index (χ2v) is 8.49. The lowest BCUT2D eigenvalue weighted by molar-refractivity contribution is -0.137. The van der Waals surface area contributed by atoms with Gasteiger partial charge in [0.2, 0.25) is 0 Å². The summed E-state index contributed by atoms with van der Waals surface area (Å²) in [6.45, 7) is 2.34. The van der Waals surface area contributed by atoms with Crippen molar-refractivity contribution in [2.24, 2.45) is 0 Å². The van der Waals surface area contributed by atoms with Gasteiger partial charge in [0.25, 0.3) is 11.5 Å². The standard InChI is InChI=1S/C27H20F3N3O2/c1-16-5-7-18(8-6-16)25(34)31-21-4-2-3-17(14-21)13-19-11-12-33-24(19)32-23-15-20(27(28,29)30)9-10-22(23)26(33)35/h2-10,13-15H,11-12H2,1H3,(H,31,34)/b19-13+. The minimum absolute atomic E-state index is 0.0167. The van der Waals surface area contributed by atoms with Gasteiger partial charge in [-0.2, -0.15) is 13.2 Å². The number of hydrogen-bond donors (Lipinski definition) is 1. The molecular weight excluding hydrogens is 455 g/mol. The van der Waals surface area contributed by atoms with Crippen LogP contribution in [-0.4, -0.2) is 15.5 Å². The second kappa shape index (κ2) is 8.54. The third-order valence-electron chi connectivity index (χ3n) is 5.97. The number of halogens is 3. The molecule has 4 aromatic rings. The van der Waals surface area contributed by atoms with Crippen molar-refractivity contribution in [3.8, 4) is 0 Å². The summed E-state index contributed by atoms with van der Waals surface area (Å²) in [6.07, 6.45) is -2.16. The van der Waals surface area contributed by atoms with Crippen LogP contribution in [0.3, 0.4) is 0 Å². The Morgan fingerprint density at radius 2 is 1.83 bits per heavy atom. The first kappa shape index (κ1) is 22.6. The van der Waals surface area contributed by atoms with Gasteiger partial charge in [0.1, 0.15) is 5.82 Å². The monoisotopic (exact) mass is 475 g/mol. The van der Waals surface area contributed by atoms with Gasteiger partial charge in [0.05, 0.1) is 16.5 Å². The zero-order valence-electron chi connectivity index (χ0n) is 18.7. The molecule has 2 heterocycles. The molecule has 5 nitrogen and oxygen atoms in total. The van der Waals surface area contributed by atoms with E-state index in [2.05, 4.69) is 10.3 Å². The number of carbonyl (C=O) groups is 1. The SMILES string of the molecule is Cc1ccc(C(=O)Nc2cccc(/C=C3\CCn4c3nc3cc(C(F)(F)F)ccc3c4=O)c2)cc1. The number of nitrogens with zero attached hydrogens (tertiary/aromatic N) is 2. The van der Waals surface area contributed by atoms with Gasteiger partial charge in [-0.1, -0.05) is 29.8 Å². The number of carbonyl (C=O) groups excluding carboxylic acids is 1. The molecule has 0 aliphatic carbocycles. The quantitative estimate of drug-likeness (QED) is 0.400. The van der Waals surface area contributed by atoms with Gasteiger partial charge < -0.3 is 5.32 Å². The van der Waals surface area contributed by atoms with Crippen molar-refractivity contribution < 1.29 is 18.0 Å². The number of rotatable bonds is 3. The van der Waals surface area contributed by atoms with Crippen molar-refractivity contribution >= 4 is 34.1 Å². The number of aryl methyl sites for hydroxylation is 1. The van der Waals surface area contributed by atoms with Crippen LogP contribution in [0.15, 0.2) is 71.5 Å². The molecule has 0 radical (unpaired) electrons. The first-order chi connectivity index (χ1) is 16.7. The predicted octanol–water partition coefficient (Wildman–Crippen LogP) is 5.92. The van der Waals surface area contributed by atoms with Crippen LogP contribution in [-0.2, 0) is 12.7 Å². The van der Waals surface area contributed by atoms with E-state index < -0.39 is 11.7 Å². The summed E-state index contributed by atoms with van der Waals surface area (Å²) in [6, 6.07) is 17.4. The number of anilines is 1. The number of benzene rings is 3. The van der Waals surface area contributed by atoms with Crippen LogP contribution in [0.1, 0.15) is 39.3 Å². The molecule has 0 spiro atoms. The van der Waals surface area contributed by atoms with Crippen LogP contribution in [0.25, 0.3) is 22.6 Å². The van der Waals surface area contributed by atoms with Gasteiger partial charge in [0.15, 0.2) is 0 Å². The maximum Gasteiger partial charge on any atom is 0.416 e. The van der Waals surface area contributed by atoms with Crippen molar-refractivity contribution in [3.63, 3.8) is 0 Å². The fourth-order valence-electron chi connectivity index (χ4n) is 4.15. The minimum atomic E-state index is -4.52. The van der Waals surface area contributed by atoms with Crippen molar-refractivity contribution in [2.45, 2.75) is 26.1 Å². The third kappa shape index (κ3) is 4.47. The topological polar surface area (TPSA) is 64.0 Å². The predicted molar refractivity (Wildman–Crippen MR) is 129 cm³/mol. The van der Waals surface area contributed by atoms with Crippen LogP contribution < -0.4 is 10.9 Å². The van der Waals surface area contributed by atoms with E-state index in [9.17, 15) is 22.8 Å². The summed E-state index contributed by atoms with van der Waals surface area (Å²) in [4.78, 5) is 29.8. The fourth-order valence-corrected chi connectivity index (χ4v) is 4.15. The lowest BCUT2D eigenvalue weighted by Crippen LogP contribution is -2.21. The van der Waals surface area contributed by atoms with Gasteiger partial charge in [-0.25, -0.2) is 4.98 Å². The van der Waals surface area contributed by atoms with Crippen molar-refractivity contribution in [2.75, 3.05) is 5.32 Å². The number of allylic oxidation sites excluding steroid dienone is 1. The molecule has 8 heteroatoms. The lowest BCUT2D eigenvalue weighted by Gasteiger charge is -2.10. The van der Waals surface area contributed by atoms with Crippen LogP contribution in [0, 0.1) is 6.92 Å². The molecular formula is C27H20F3N3O2. The molecule has 0 atom stereocenters. The number of aromatic nitrogens is 2.